The first kappa shape index (κ1) is 25.4. The number of carbonyl (C=O) groups is 4. The average molecular weight is 443 g/mol. The summed E-state index contributed by atoms with van der Waals surface area (Å²) in [7, 11) is 0. The van der Waals surface area contributed by atoms with E-state index in [4.69, 9.17) is 5.73 Å². The summed E-state index contributed by atoms with van der Waals surface area (Å²) in [6.45, 7) is 2.97. The van der Waals surface area contributed by atoms with Crippen LogP contribution < -0.4 is 21.7 Å². The Balaban J connectivity index is 2.73. The van der Waals surface area contributed by atoms with E-state index in [0.717, 1.165) is 0 Å². The third-order valence-corrected chi connectivity index (χ3v) is 4.90. The van der Waals surface area contributed by atoms with E-state index in [1.807, 2.05) is 6.26 Å². The molecule has 3 atom stereocenters. The summed E-state index contributed by atoms with van der Waals surface area (Å²) in [6.07, 6.45) is 5.37. The summed E-state index contributed by atoms with van der Waals surface area (Å²) in [5, 5.41) is 16.7. The van der Waals surface area contributed by atoms with E-state index in [-0.39, 0.29) is 18.9 Å². The molecule has 1 heterocycles. The monoisotopic (exact) mass is 442 g/mol. The summed E-state index contributed by atoms with van der Waals surface area (Å²) in [4.78, 5) is 55.0. The molecule has 0 saturated heterocycles. The first-order valence-corrected chi connectivity index (χ1v) is 10.9. The number of aromatic amines is 1. The second-order valence-electron chi connectivity index (χ2n) is 7.08. The lowest BCUT2D eigenvalue weighted by molar-refractivity contribution is -0.143. The first-order valence-electron chi connectivity index (χ1n) is 9.47. The Morgan fingerprint density at radius 2 is 1.93 bits per heavy atom. The van der Waals surface area contributed by atoms with E-state index in [9.17, 15) is 24.3 Å². The maximum atomic E-state index is 12.7. The predicted molar refractivity (Wildman–Crippen MR) is 113 cm³/mol. The highest BCUT2D eigenvalue weighted by molar-refractivity contribution is 7.98. The predicted octanol–water partition coefficient (Wildman–Crippen LogP) is -1.14. The number of carboxylic acid groups (broad SMARTS) is 1. The molecular weight excluding hydrogens is 412 g/mol. The molecule has 0 radical (unpaired) electrons. The molecular formula is C18H30N6O5S. The van der Waals surface area contributed by atoms with Crippen molar-refractivity contribution < 1.29 is 24.3 Å². The number of H-pyrrole nitrogens is 1. The summed E-state index contributed by atoms with van der Waals surface area (Å²) < 4.78 is 0. The summed E-state index contributed by atoms with van der Waals surface area (Å²) in [6, 6.07) is -2.88. The van der Waals surface area contributed by atoms with Gasteiger partial charge in [-0.05, 0) is 24.3 Å². The van der Waals surface area contributed by atoms with Gasteiger partial charge in [0.15, 0.2) is 0 Å². The molecule has 3 amide bonds. The molecule has 168 valence electrons. The molecule has 0 aromatic carbocycles. The minimum atomic E-state index is -1.17. The van der Waals surface area contributed by atoms with Gasteiger partial charge in [0, 0.05) is 18.3 Å². The Morgan fingerprint density at radius 1 is 1.23 bits per heavy atom. The quantitative estimate of drug-likeness (QED) is 0.222. The van der Waals surface area contributed by atoms with Crippen molar-refractivity contribution in [3.05, 3.63) is 18.2 Å². The van der Waals surface area contributed by atoms with Crippen molar-refractivity contribution in [1.82, 2.24) is 25.9 Å². The zero-order valence-electron chi connectivity index (χ0n) is 17.3. The van der Waals surface area contributed by atoms with E-state index in [2.05, 4.69) is 25.9 Å². The number of aromatic nitrogens is 2. The number of nitrogens with one attached hydrogen (secondary N) is 4. The molecule has 11 nitrogen and oxygen atoms in total. The number of nitrogens with two attached hydrogens (primary N) is 1. The highest BCUT2D eigenvalue weighted by Gasteiger charge is 2.29. The summed E-state index contributed by atoms with van der Waals surface area (Å²) >= 11 is 1.56. The number of carbonyl (C=O) groups excluding carboxylic acids is 3. The fourth-order valence-electron chi connectivity index (χ4n) is 2.51. The Morgan fingerprint density at radius 3 is 2.47 bits per heavy atom. The van der Waals surface area contributed by atoms with Crippen molar-refractivity contribution in [3.63, 3.8) is 0 Å². The second kappa shape index (κ2) is 12.9. The van der Waals surface area contributed by atoms with Crippen molar-refractivity contribution in [2.24, 2.45) is 11.7 Å². The van der Waals surface area contributed by atoms with E-state index in [0.29, 0.717) is 17.9 Å². The molecule has 3 unspecified atom stereocenters. The number of carboxylic acids is 1. The number of amides is 3. The Bertz CT molecular complexity index is 712. The van der Waals surface area contributed by atoms with Crippen LogP contribution in [0.25, 0.3) is 0 Å². The molecule has 1 aromatic rings. The van der Waals surface area contributed by atoms with Crippen LogP contribution in [0.4, 0.5) is 0 Å². The Kier molecular flexibility index (Phi) is 10.9. The van der Waals surface area contributed by atoms with Crippen LogP contribution in [0.3, 0.4) is 0 Å². The van der Waals surface area contributed by atoms with Crippen LogP contribution in [-0.2, 0) is 25.6 Å². The fraction of sp³-hybridized carbons (Fsp3) is 0.611. The zero-order valence-corrected chi connectivity index (χ0v) is 18.1. The summed E-state index contributed by atoms with van der Waals surface area (Å²) in [5.74, 6) is -2.51. The molecule has 0 bridgehead atoms. The largest absolute Gasteiger partial charge is 0.480 e. The minimum absolute atomic E-state index is 0.0726. The summed E-state index contributed by atoms with van der Waals surface area (Å²) in [5.41, 5.74) is 6.33. The van der Waals surface area contributed by atoms with Crippen LogP contribution >= 0.6 is 11.8 Å². The van der Waals surface area contributed by atoms with Gasteiger partial charge in [-0.15, -0.1) is 0 Å². The molecule has 0 aliphatic carbocycles. The molecule has 7 N–H and O–H groups in total. The number of rotatable bonds is 13. The van der Waals surface area contributed by atoms with Crippen LogP contribution in [0.2, 0.25) is 0 Å². The number of aliphatic carboxylic acids is 1. The van der Waals surface area contributed by atoms with Gasteiger partial charge in [0.05, 0.1) is 18.9 Å². The van der Waals surface area contributed by atoms with E-state index < -0.39 is 41.8 Å². The van der Waals surface area contributed by atoms with Crippen LogP contribution in [0.5, 0.6) is 0 Å². The first-order chi connectivity index (χ1) is 14.1. The zero-order chi connectivity index (χ0) is 22.7. The lowest BCUT2D eigenvalue weighted by Crippen LogP contribution is -2.55. The van der Waals surface area contributed by atoms with Crippen molar-refractivity contribution in [1.29, 1.82) is 0 Å². The Labute approximate surface area is 179 Å². The molecule has 0 aliphatic rings. The SMILES string of the molecule is CSCCC(N)C(=O)NCC(=O)NC(Cc1cnc[nH]1)C(=O)NC(C(=O)O)C(C)C. The van der Waals surface area contributed by atoms with Gasteiger partial charge >= 0.3 is 5.97 Å². The molecule has 0 saturated carbocycles. The Hall–Kier alpha value is -2.60. The lowest BCUT2D eigenvalue weighted by atomic mass is 10.0. The standard InChI is InChI=1S/C18H30N6O5S/c1-10(2)15(18(28)29)24-17(27)13(6-11-7-20-9-22-11)23-14(25)8-21-16(26)12(19)4-5-30-3/h7,9-10,12-13,15H,4-6,8,19H2,1-3H3,(H,20,22)(H,21,26)(H,23,25)(H,24,27)(H,28,29). The number of hydrogen-bond donors (Lipinski definition) is 6. The van der Waals surface area contributed by atoms with Crippen molar-refractivity contribution in [3.8, 4) is 0 Å². The van der Waals surface area contributed by atoms with E-state index in [1.54, 1.807) is 25.6 Å². The van der Waals surface area contributed by atoms with Gasteiger partial charge in [-0.2, -0.15) is 11.8 Å². The molecule has 12 heteroatoms. The molecule has 1 rings (SSSR count). The highest BCUT2D eigenvalue weighted by atomic mass is 32.2. The van der Waals surface area contributed by atoms with E-state index in [1.165, 1.54) is 12.5 Å². The van der Waals surface area contributed by atoms with Gasteiger partial charge in [0.2, 0.25) is 17.7 Å². The van der Waals surface area contributed by atoms with Crippen LogP contribution in [0.15, 0.2) is 12.5 Å². The minimum Gasteiger partial charge on any atom is -0.480 e. The molecule has 0 aliphatic heterocycles. The number of hydrogen-bond acceptors (Lipinski definition) is 7. The van der Waals surface area contributed by atoms with Gasteiger partial charge in [-0.25, -0.2) is 9.78 Å². The maximum absolute atomic E-state index is 12.7. The third-order valence-electron chi connectivity index (χ3n) is 4.25. The molecule has 1 aromatic heterocycles. The molecule has 0 spiro atoms. The van der Waals surface area contributed by atoms with Crippen molar-refractivity contribution in [2.45, 2.75) is 44.8 Å². The maximum Gasteiger partial charge on any atom is 0.326 e. The number of thioether (sulfide) groups is 1. The topological polar surface area (TPSA) is 179 Å². The smallest absolute Gasteiger partial charge is 0.326 e. The third kappa shape index (κ3) is 8.82. The molecule has 30 heavy (non-hydrogen) atoms. The van der Waals surface area contributed by atoms with Gasteiger partial charge in [0.25, 0.3) is 0 Å². The number of imidazole rings is 1. The van der Waals surface area contributed by atoms with Crippen LogP contribution in [0, 0.1) is 5.92 Å². The van der Waals surface area contributed by atoms with E-state index >= 15 is 0 Å². The lowest BCUT2D eigenvalue weighted by Gasteiger charge is -2.23. The second-order valence-corrected chi connectivity index (χ2v) is 8.06. The van der Waals surface area contributed by atoms with Gasteiger partial charge < -0.3 is 31.8 Å². The fourth-order valence-corrected chi connectivity index (χ4v) is 3.00. The van der Waals surface area contributed by atoms with Gasteiger partial charge in [0.1, 0.15) is 12.1 Å². The normalized spacial score (nSPS) is 13.9. The average Bonchev–Trinajstić information content (AvgIpc) is 3.20. The van der Waals surface area contributed by atoms with Gasteiger partial charge in [-0.1, -0.05) is 13.8 Å². The van der Waals surface area contributed by atoms with Crippen molar-refractivity contribution in [2.75, 3.05) is 18.6 Å². The molecule has 0 fully saturated rings. The number of nitrogens with zero attached hydrogens (tertiary/aromatic N) is 1. The van der Waals surface area contributed by atoms with Crippen LogP contribution in [0.1, 0.15) is 26.0 Å². The van der Waals surface area contributed by atoms with Crippen molar-refractivity contribution >= 4 is 35.5 Å². The highest BCUT2D eigenvalue weighted by Crippen LogP contribution is 2.05. The van der Waals surface area contributed by atoms with Crippen LogP contribution in [-0.4, -0.2) is 75.4 Å². The van der Waals surface area contributed by atoms with Gasteiger partial charge in [-0.3, -0.25) is 14.4 Å².